The number of carbonyl (C=O) groups excluding carboxylic acids is 1. The molecule has 1 aliphatic rings. The number of nitrogens with one attached hydrogen (secondary N) is 2. The Kier molecular flexibility index (Phi) is 6.10. The van der Waals surface area contributed by atoms with Gasteiger partial charge in [0.2, 0.25) is 0 Å². The molecule has 32 heavy (non-hydrogen) atoms. The molecule has 0 saturated carbocycles. The summed E-state index contributed by atoms with van der Waals surface area (Å²) in [5.41, 5.74) is 4.83. The molecule has 4 rings (SSSR count). The molecule has 5 nitrogen and oxygen atoms in total. The van der Waals surface area contributed by atoms with Crippen LogP contribution in [0.2, 0.25) is 0 Å². The third kappa shape index (κ3) is 4.57. The van der Waals surface area contributed by atoms with Gasteiger partial charge >= 0.3 is 6.18 Å². The normalized spacial score (nSPS) is 14.8. The average molecular weight is 506 g/mol. The highest BCUT2D eigenvalue weighted by Crippen LogP contribution is 2.33. The zero-order chi connectivity index (χ0) is 22.9. The van der Waals surface area contributed by atoms with E-state index in [-0.39, 0.29) is 17.4 Å². The molecule has 2 N–H and O–H groups in total. The van der Waals surface area contributed by atoms with E-state index in [0.717, 1.165) is 28.6 Å². The number of fused-ring (bicyclic) bond motifs is 1. The summed E-state index contributed by atoms with van der Waals surface area (Å²) in [4.78, 5) is 12.8. The first-order valence-electron chi connectivity index (χ1n) is 9.92. The van der Waals surface area contributed by atoms with Crippen LogP contribution in [0.15, 0.2) is 62.5 Å². The van der Waals surface area contributed by atoms with E-state index in [9.17, 15) is 18.0 Å². The number of anilines is 2. The average Bonchev–Trinajstić information content (AvgIpc) is 3.11. The van der Waals surface area contributed by atoms with Crippen LogP contribution in [-0.4, -0.2) is 11.6 Å². The van der Waals surface area contributed by atoms with E-state index in [1.807, 2.05) is 18.2 Å². The van der Waals surface area contributed by atoms with Crippen molar-refractivity contribution in [3.05, 3.63) is 81.2 Å². The largest absolute Gasteiger partial charge is 0.455 e. The van der Waals surface area contributed by atoms with E-state index in [0.29, 0.717) is 35.6 Å². The minimum absolute atomic E-state index is 0.194. The molecule has 2 aromatic carbocycles. The number of para-hydroxylation sites is 1. The SMILES string of the molecule is Cc1c(C(=O)Nc2ccccc2Br)oc2c1/C(=N/Nc1cccc(C(F)(F)F)c1)CCC2. The lowest BCUT2D eigenvalue weighted by Crippen LogP contribution is -2.14. The van der Waals surface area contributed by atoms with E-state index in [1.165, 1.54) is 12.1 Å². The summed E-state index contributed by atoms with van der Waals surface area (Å²) >= 11 is 3.40. The van der Waals surface area contributed by atoms with Crippen LogP contribution in [0.1, 0.15) is 45.8 Å². The third-order valence-corrected chi connectivity index (χ3v) is 5.86. The van der Waals surface area contributed by atoms with Gasteiger partial charge in [0.25, 0.3) is 5.91 Å². The number of carbonyl (C=O) groups is 1. The van der Waals surface area contributed by atoms with Crippen molar-refractivity contribution in [1.29, 1.82) is 0 Å². The highest BCUT2D eigenvalue weighted by molar-refractivity contribution is 9.10. The van der Waals surface area contributed by atoms with Crippen LogP contribution in [-0.2, 0) is 12.6 Å². The quantitative estimate of drug-likeness (QED) is 0.384. The van der Waals surface area contributed by atoms with Crippen molar-refractivity contribution < 1.29 is 22.4 Å². The minimum atomic E-state index is -4.43. The number of nitrogens with zero attached hydrogens (tertiary/aromatic N) is 1. The van der Waals surface area contributed by atoms with Crippen LogP contribution < -0.4 is 10.7 Å². The van der Waals surface area contributed by atoms with Gasteiger partial charge in [0.1, 0.15) is 5.76 Å². The molecule has 0 aliphatic heterocycles. The number of rotatable bonds is 4. The summed E-state index contributed by atoms with van der Waals surface area (Å²) in [5.74, 6) is 0.462. The number of halogens is 4. The van der Waals surface area contributed by atoms with Crippen LogP contribution in [0.25, 0.3) is 0 Å². The topological polar surface area (TPSA) is 66.6 Å². The summed E-state index contributed by atoms with van der Waals surface area (Å²) in [6.45, 7) is 1.78. The number of alkyl halides is 3. The van der Waals surface area contributed by atoms with Crippen LogP contribution in [0, 0.1) is 6.92 Å². The molecule has 0 radical (unpaired) electrons. The molecule has 0 fully saturated rings. The second-order valence-corrected chi connectivity index (χ2v) is 8.25. The van der Waals surface area contributed by atoms with Crippen LogP contribution in [0.5, 0.6) is 0 Å². The van der Waals surface area contributed by atoms with Gasteiger partial charge in [-0.1, -0.05) is 18.2 Å². The molecule has 3 aromatic rings. The van der Waals surface area contributed by atoms with Crippen molar-refractivity contribution in [2.24, 2.45) is 5.10 Å². The van der Waals surface area contributed by atoms with Crippen molar-refractivity contribution in [1.82, 2.24) is 0 Å². The standard InChI is InChI=1S/C23H19BrF3N3O2/c1-13-20-18(30-29-15-7-4-6-14(12-15)23(25,26)27)10-5-11-19(20)32-21(13)22(31)28-17-9-3-2-8-16(17)24/h2-4,6-9,12,29H,5,10-11H2,1H3,(H,28,31)/b30-18+. The summed E-state index contributed by atoms with van der Waals surface area (Å²) in [6.07, 6.45) is -2.40. The number of hydrogen-bond acceptors (Lipinski definition) is 4. The molecule has 1 aliphatic carbocycles. The van der Waals surface area contributed by atoms with E-state index in [2.05, 4.69) is 31.8 Å². The van der Waals surface area contributed by atoms with Crippen LogP contribution >= 0.6 is 15.9 Å². The van der Waals surface area contributed by atoms with E-state index >= 15 is 0 Å². The number of benzene rings is 2. The van der Waals surface area contributed by atoms with Crippen molar-refractivity contribution in [2.45, 2.75) is 32.4 Å². The zero-order valence-corrected chi connectivity index (χ0v) is 18.6. The molecule has 0 saturated heterocycles. The molecule has 0 spiro atoms. The van der Waals surface area contributed by atoms with Crippen molar-refractivity contribution >= 4 is 38.9 Å². The van der Waals surface area contributed by atoms with Crippen molar-refractivity contribution in [3.8, 4) is 0 Å². The first-order chi connectivity index (χ1) is 15.2. The Morgan fingerprint density at radius 3 is 2.66 bits per heavy atom. The fraction of sp³-hybridized carbons (Fsp3) is 0.217. The summed E-state index contributed by atoms with van der Waals surface area (Å²) < 4.78 is 45.5. The highest BCUT2D eigenvalue weighted by Gasteiger charge is 2.31. The smallest absolute Gasteiger partial charge is 0.416 e. The van der Waals surface area contributed by atoms with Gasteiger partial charge in [-0.15, -0.1) is 0 Å². The molecule has 0 bridgehead atoms. The Bertz CT molecular complexity index is 1200. The van der Waals surface area contributed by atoms with Gasteiger partial charge in [-0.05, 0) is 66.0 Å². The molecule has 1 amide bonds. The van der Waals surface area contributed by atoms with Crippen molar-refractivity contribution in [2.75, 3.05) is 10.7 Å². The lowest BCUT2D eigenvalue weighted by atomic mass is 9.93. The van der Waals surface area contributed by atoms with Crippen LogP contribution in [0.3, 0.4) is 0 Å². The van der Waals surface area contributed by atoms with Gasteiger partial charge < -0.3 is 9.73 Å². The fourth-order valence-electron chi connectivity index (χ4n) is 3.64. The van der Waals surface area contributed by atoms with Gasteiger partial charge in [-0.2, -0.15) is 18.3 Å². The summed E-state index contributed by atoms with van der Waals surface area (Å²) in [6, 6.07) is 12.1. The fourth-order valence-corrected chi connectivity index (χ4v) is 4.02. The number of furan rings is 1. The number of amides is 1. The molecular weight excluding hydrogens is 487 g/mol. The number of hydrazone groups is 1. The Labute approximate surface area is 190 Å². The molecule has 9 heteroatoms. The van der Waals surface area contributed by atoms with Gasteiger partial charge in [-0.25, -0.2) is 0 Å². The maximum atomic E-state index is 13.0. The molecule has 0 unspecified atom stereocenters. The first kappa shape index (κ1) is 22.1. The highest BCUT2D eigenvalue weighted by atomic mass is 79.9. The van der Waals surface area contributed by atoms with Gasteiger partial charge in [-0.3, -0.25) is 10.2 Å². The lowest BCUT2D eigenvalue weighted by Gasteiger charge is -2.14. The molecule has 166 valence electrons. The molecular formula is C23H19BrF3N3O2. The summed E-state index contributed by atoms with van der Waals surface area (Å²) in [7, 11) is 0. The maximum absolute atomic E-state index is 13.0. The maximum Gasteiger partial charge on any atom is 0.416 e. The van der Waals surface area contributed by atoms with Crippen LogP contribution in [0.4, 0.5) is 24.5 Å². The Morgan fingerprint density at radius 2 is 1.91 bits per heavy atom. The predicted molar refractivity (Wildman–Crippen MR) is 120 cm³/mol. The Morgan fingerprint density at radius 1 is 1.12 bits per heavy atom. The van der Waals surface area contributed by atoms with E-state index in [4.69, 9.17) is 4.42 Å². The van der Waals surface area contributed by atoms with Gasteiger partial charge in [0, 0.05) is 22.0 Å². The number of hydrogen-bond donors (Lipinski definition) is 2. The Hall–Kier alpha value is -3.07. The first-order valence-corrected chi connectivity index (χ1v) is 10.7. The second kappa shape index (κ2) is 8.82. The molecule has 1 heterocycles. The molecule has 0 atom stereocenters. The summed E-state index contributed by atoms with van der Waals surface area (Å²) in [5, 5.41) is 7.18. The monoisotopic (exact) mass is 505 g/mol. The van der Waals surface area contributed by atoms with E-state index in [1.54, 1.807) is 13.0 Å². The van der Waals surface area contributed by atoms with Crippen molar-refractivity contribution in [3.63, 3.8) is 0 Å². The van der Waals surface area contributed by atoms with E-state index < -0.39 is 11.7 Å². The second-order valence-electron chi connectivity index (χ2n) is 7.39. The predicted octanol–water partition coefficient (Wildman–Crippen LogP) is 6.77. The minimum Gasteiger partial charge on any atom is -0.455 e. The molecule has 1 aromatic heterocycles. The third-order valence-electron chi connectivity index (χ3n) is 5.16. The zero-order valence-electron chi connectivity index (χ0n) is 17.0. The number of aryl methyl sites for hydroxylation is 1. The lowest BCUT2D eigenvalue weighted by molar-refractivity contribution is -0.137. The van der Waals surface area contributed by atoms with Gasteiger partial charge in [0.05, 0.1) is 22.6 Å². The Balaban J connectivity index is 1.60. The van der Waals surface area contributed by atoms with Gasteiger partial charge in [0.15, 0.2) is 5.76 Å².